The van der Waals surface area contributed by atoms with Crippen molar-refractivity contribution < 1.29 is 22.7 Å². The summed E-state index contributed by atoms with van der Waals surface area (Å²) in [5.41, 5.74) is 5.05. The van der Waals surface area contributed by atoms with Crippen molar-refractivity contribution in [3.05, 3.63) is 29.3 Å². The molecule has 7 nitrogen and oxygen atoms in total. The van der Waals surface area contributed by atoms with E-state index in [9.17, 15) is 18.0 Å². The molecular formula is C14H19ClN2O5S2. The summed E-state index contributed by atoms with van der Waals surface area (Å²) in [4.78, 5) is 23.1. The molecule has 1 amide bonds. The molecule has 0 aliphatic rings. The van der Waals surface area contributed by atoms with Gasteiger partial charge in [-0.1, -0.05) is 11.6 Å². The molecular weight excluding hydrogens is 376 g/mol. The summed E-state index contributed by atoms with van der Waals surface area (Å²) in [5, 5.41) is 0.391. The van der Waals surface area contributed by atoms with Gasteiger partial charge in [-0.2, -0.15) is 16.5 Å². The first-order valence-corrected chi connectivity index (χ1v) is 10.2. The second kappa shape index (κ2) is 9.26. The minimum atomic E-state index is -3.94. The standard InChI is InChI=1S/C14H19ClN2O5S2/c1-9(13(16)18)22-14(19)12(7-8-23-2)17-24(20,21)11-5-3-10(15)4-6-11/h3-6,9,12,17H,7-8H2,1-2H3,(H2,16,18)/t9-,12-/m0/s1. The number of esters is 1. The molecule has 24 heavy (non-hydrogen) atoms. The molecule has 0 aromatic heterocycles. The number of carbonyl (C=O) groups is 2. The summed E-state index contributed by atoms with van der Waals surface area (Å²) in [6.07, 6.45) is 0.884. The number of carbonyl (C=O) groups excluding carboxylic acids is 2. The van der Waals surface area contributed by atoms with Gasteiger partial charge in [0.05, 0.1) is 4.90 Å². The Balaban J connectivity index is 2.93. The van der Waals surface area contributed by atoms with E-state index >= 15 is 0 Å². The molecule has 1 aromatic carbocycles. The number of nitrogens with one attached hydrogen (secondary N) is 1. The first-order chi connectivity index (χ1) is 11.2. The third-order valence-corrected chi connectivity index (χ3v) is 5.39. The van der Waals surface area contributed by atoms with Crippen molar-refractivity contribution in [1.82, 2.24) is 4.72 Å². The smallest absolute Gasteiger partial charge is 0.324 e. The van der Waals surface area contributed by atoms with E-state index in [4.69, 9.17) is 22.1 Å². The van der Waals surface area contributed by atoms with Gasteiger partial charge < -0.3 is 10.5 Å². The maximum Gasteiger partial charge on any atom is 0.324 e. The molecule has 1 rings (SSSR count). The van der Waals surface area contributed by atoms with Crippen molar-refractivity contribution in [3.8, 4) is 0 Å². The first-order valence-electron chi connectivity index (χ1n) is 6.94. The molecule has 2 atom stereocenters. The van der Waals surface area contributed by atoms with Crippen LogP contribution in [0.5, 0.6) is 0 Å². The monoisotopic (exact) mass is 394 g/mol. The van der Waals surface area contributed by atoms with Crippen LogP contribution in [0.25, 0.3) is 0 Å². The Kier molecular flexibility index (Phi) is 8.01. The van der Waals surface area contributed by atoms with Crippen molar-refractivity contribution in [3.63, 3.8) is 0 Å². The van der Waals surface area contributed by atoms with E-state index in [1.165, 1.54) is 43.0 Å². The number of amides is 1. The van der Waals surface area contributed by atoms with E-state index in [1.807, 2.05) is 6.26 Å². The van der Waals surface area contributed by atoms with Gasteiger partial charge in [0.15, 0.2) is 6.10 Å². The minimum absolute atomic E-state index is 0.0307. The number of sulfonamides is 1. The minimum Gasteiger partial charge on any atom is -0.451 e. The summed E-state index contributed by atoms with van der Waals surface area (Å²) in [6.45, 7) is 1.32. The topological polar surface area (TPSA) is 116 Å². The fourth-order valence-corrected chi connectivity index (χ4v) is 3.46. The molecule has 0 fully saturated rings. The van der Waals surface area contributed by atoms with Crippen LogP contribution in [0, 0.1) is 0 Å². The lowest BCUT2D eigenvalue weighted by molar-refractivity contribution is -0.155. The van der Waals surface area contributed by atoms with Gasteiger partial charge in [0.25, 0.3) is 5.91 Å². The van der Waals surface area contributed by atoms with Crippen LogP contribution in [0.1, 0.15) is 13.3 Å². The molecule has 0 saturated carbocycles. The second-order valence-electron chi connectivity index (χ2n) is 4.89. The van der Waals surface area contributed by atoms with E-state index < -0.39 is 34.0 Å². The molecule has 0 aliphatic carbocycles. The van der Waals surface area contributed by atoms with Gasteiger partial charge >= 0.3 is 5.97 Å². The lowest BCUT2D eigenvalue weighted by Crippen LogP contribution is -2.44. The van der Waals surface area contributed by atoms with E-state index in [0.29, 0.717) is 10.8 Å². The van der Waals surface area contributed by atoms with Gasteiger partial charge in [-0.3, -0.25) is 9.59 Å². The number of benzene rings is 1. The summed E-state index contributed by atoms with van der Waals surface area (Å²) in [6, 6.07) is 4.39. The van der Waals surface area contributed by atoms with Gasteiger partial charge in [-0.25, -0.2) is 8.42 Å². The Hall–Kier alpha value is -1.29. The third-order valence-electron chi connectivity index (χ3n) is 3.01. The Labute approximate surface area is 150 Å². The van der Waals surface area contributed by atoms with Crippen molar-refractivity contribution in [2.75, 3.05) is 12.0 Å². The van der Waals surface area contributed by atoms with E-state index in [2.05, 4.69) is 4.72 Å². The second-order valence-corrected chi connectivity index (χ2v) is 8.03. The Morgan fingerprint density at radius 1 is 1.33 bits per heavy atom. The van der Waals surface area contributed by atoms with Gasteiger partial charge in [-0.15, -0.1) is 0 Å². The highest BCUT2D eigenvalue weighted by Crippen LogP contribution is 2.15. The Bertz CT molecular complexity index is 679. The van der Waals surface area contributed by atoms with Gasteiger partial charge in [-0.05, 0) is 49.6 Å². The zero-order valence-corrected chi connectivity index (χ0v) is 15.6. The normalized spacial score (nSPS) is 14.0. The van der Waals surface area contributed by atoms with Crippen LogP contribution in [0.15, 0.2) is 29.2 Å². The summed E-state index contributed by atoms with van der Waals surface area (Å²) in [7, 11) is -3.94. The van der Waals surface area contributed by atoms with Crippen LogP contribution in [0.3, 0.4) is 0 Å². The van der Waals surface area contributed by atoms with E-state index in [0.717, 1.165) is 0 Å². The maximum absolute atomic E-state index is 12.4. The summed E-state index contributed by atoms with van der Waals surface area (Å²) < 4.78 is 32.0. The van der Waals surface area contributed by atoms with E-state index in [-0.39, 0.29) is 11.3 Å². The predicted octanol–water partition coefficient (Wildman–Crippen LogP) is 1.16. The zero-order valence-electron chi connectivity index (χ0n) is 13.2. The lowest BCUT2D eigenvalue weighted by Gasteiger charge is -2.19. The number of primary amides is 1. The number of thioether (sulfide) groups is 1. The van der Waals surface area contributed by atoms with Crippen LogP contribution >= 0.6 is 23.4 Å². The fourth-order valence-electron chi connectivity index (χ4n) is 1.64. The Morgan fingerprint density at radius 3 is 2.42 bits per heavy atom. The molecule has 134 valence electrons. The van der Waals surface area contributed by atoms with E-state index in [1.54, 1.807) is 0 Å². The molecule has 0 saturated heterocycles. The van der Waals surface area contributed by atoms with Gasteiger partial charge in [0.2, 0.25) is 10.0 Å². The predicted molar refractivity (Wildman–Crippen MR) is 93.3 cm³/mol. The number of ether oxygens (including phenoxy) is 1. The van der Waals surface area contributed by atoms with Crippen LogP contribution in [-0.2, 0) is 24.3 Å². The Morgan fingerprint density at radius 2 is 1.92 bits per heavy atom. The molecule has 0 bridgehead atoms. The molecule has 0 unspecified atom stereocenters. The molecule has 0 heterocycles. The molecule has 0 aliphatic heterocycles. The molecule has 3 N–H and O–H groups in total. The van der Waals surface area contributed by atoms with Crippen molar-refractivity contribution in [2.45, 2.75) is 30.4 Å². The molecule has 1 aromatic rings. The lowest BCUT2D eigenvalue weighted by atomic mass is 10.2. The van der Waals surface area contributed by atoms with Crippen molar-refractivity contribution in [2.24, 2.45) is 5.73 Å². The maximum atomic E-state index is 12.4. The van der Waals surface area contributed by atoms with Crippen molar-refractivity contribution >= 4 is 45.3 Å². The fraction of sp³-hybridized carbons (Fsp3) is 0.429. The van der Waals surface area contributed by atoms with Crippen LogP contribution in [-0.4, -0.2) is 44.4 Å². The number of halogens is 1. The summed E-state index contributed by atoms with van der Waals surface area (Å²) in [5.74, 6) is -1.14. The zero-order chi connectivity index (χ0) is 18.3. The average Bonchev–Trinajstić information content (AvgIpc) is 2.51. The largest absolute Gasteiger partial charge is 0.451 e. The van der Waals surface area contributed by atoms with Gasteiger partial charge in [0, 0.05) is 5.02 Å². The highest BCUT2D eigenvalue weighted by molar-refractivity contribution is 7.98. The average molecular weight is 395 g/mol. The highest BCUT2D eigenvalue weighted by Gasteiger charge is 2.28. The summed E-state index contributed by atoms with van der Waals surface area (Å²) >= 11 is 7.18. The van der Waals surface area contributed by atoms with Crippen LogP contribution in [0.2, 0.25) is 5.02 Å². The van der Waals surface area contributed by atoms with Gasteiger partial charge in [0.1, 0.15) is 6.04 Å². The first kappa shape index (κ1) is 20.8. The number of hydrogen-bond donors (Lipinski definition) is 2. The SMILES string of the molecule is CSCC[C@H](NS(=O)(=O)c1ccc(Cl)cc1)C(=O)O[C@@H](C)C(N)=O. The molecule has 0 radical (unpaired) electrons. The molecule has 0 spiro atoms. The van der Waals surface area contributed by atoms with Crippen LogP contribution < -0.4 is 10.5 Å². The quantitative estimate of drug-likeness (QED) is 0.607. The third kappa shape index (κ3) is 6.31. The van der Waals surface area contributed by atoms with Crippen LogP contribution in [0.4, 0.5) is 0 Å². The molecule has 10 heteroatoms. The van der Waals surface area contributed by atoms with Crippen molar-refractivity contribution in [1.29, 1.82) is 0 Å². The number of nitrogens with two attached hydrogens (primary N) is 1. The number of hydrogen-bond acceptors (Lipinski definition) is 6. The highest BCUT2D eigenvalue weighted by atomic mass is 35.5. The number of rotatable bonds is 9.